The second-order valence-electron chi connectivity index (χ2n) is 3.85. The predicted molar refractivity (Wildman–Crippen MR) is 78.3 cm³/mol. The molecular formula is C13H8BrClN2O3. The lowest BCUT2D eigenvalue weighted by Gasteiger charge is -2.06. The van der Waals surface area contributed by atoms with Gasteiger partial charge in [0.1, 0.15) is 5.69 Å². The van der Waals surface area contributed by atoms with Gasteiger partial charge in [-0.3, -0.25) is 4.79 Å². The van der Waals surface area contributed by atoms with E-state index in [0.29, 0.717) is 5.69 Å². The largest absolute Gasteiger partial charge is 0.478 e. The molecule has 5 nitrogen and oxygen atoms in total. The van der Waals surface area contributed by atoms with Crippen LogP contribution in [0.1, 0.15) is 20.8 Å². The molecule has 2 N–H and O–H groups in total. The Labute approximate surface area is 127 Å². The number of carbonyl (C=O) groups is 2. The number of pyridine rings is 1. The second-order valence-corrected chi connectivity index (χ2v) is 5.20. The van der Waals surface area contributed by atoms with Crippen LogP contribution >= 0.6 is 27.5 Å². The van der Waals surface area contributed by atoms with E-state index in [4.69, 9.17) is 16.7 Å². The molecular weight excluding hydrogens is 348 g/mol. The van der Waals surface area contributed by atoms with Crippen molar-refractivity contribution in [1.29, 1.82) is 0 Å². The maximum Gasteiger partial charge on any atom is 0.335 e. The monoisotopic (exact) mass is 354 g/mol. The highest BCUT2D eigenvalue weighted by atomic mass is 79.9. The van der Waals surface area contributed by atoms with E-state index in [-0.39, 0.29) is 16.3 Å². The summed E-state index contributed by atoms with van der Waals surface area (Å²) in [6.45, 7) is 0. The third-order valence-electron chi connectivity index (χ3n) is 2.36. The topological polar surface area (TPSA) is 79.3 Å². The zero-order chi connectivity index (χ0) is 14.7. The number of nitrogens with zero attached hydrogens (tertiary/aromatic N) is 1. The number of hydrogen-bond donors (Lipinski definition) is 2. The Kier molecular flexibility index (Phi) is 4.36. The number of carboxylic acids is 1. The molecule has 0 unspecified atom stereocenters. The quantitative estimate of drug-likeness (QED) is 0.884. The average molecular weight is 356 g/mol. The van der Waals surface area contributed by atoms with Crippen LogP contribution in [-0.2, 0) is 0 Å². The lowest BCUT2D eigenvalue weighted by molar-refractivity contribution is 0.0696. The minimum atomic E-state index is -1.12. The molecule has 2 aromatic rings. The molecule has 0 aliphatic carbocycles. The van der Waals surface area contributed by atoms with Crippen molar-refractivity contribution >= 4 is 45.1 Å². The van der Waals surface area contributed by atoms with Gasteiger partial charge in [-0.25, -0.2) is 9.78 Å². The molecule has 1 amide bonds. The number of halogens is 2. The summed E-state index contributed by atoms with van der Waals surface area (Å²) in [5, 5.41) is 11.7. The lowest BCUT2D eigenvalue weighted by Crippen LogP contribution is -2.14. The van der Waals surface area contributed by atoms with Crippen LogP contribution in [0.25, 0.3) is 0 Å². The van der Waals surface area contributed by atoms with Gasteiger partial charge in [-0.1, -0.05) is 11.6 Å². The first-order chi connectivity index (χ1) is 9.45. The molecule has 0 aliphatic heterocycles. The highest BCUT2D eigenvalue weighted by Gasteiger charge is 2.11. The van der Waals surface area contributed by atoms with Gasteiger partial charge in [0, 0.05) is 21.4 Å². The minimum Gasteiger partial charge on any atom is -0.478 e. The summed E-state index contributed by atoms with van der Waals surface area (Å²) < 4.78 is 0.755. The summed E-state index contributed by atoms with van der Waals surface area (Å²) in [4.78, 5) is 26.8. The summed E-state index contributed by atoms with van der Waals surface area (Å²) >= 11 is 9.03. The summed E-state index contributed by atoms with van der Waals surface area (Å²) in [5.41, 5.74) is 0.506. The molecule has 0 saturated heterocycles. The maximum absolute atomic E-state index is 11.9. The number of nitrogens with one attached hydrogen (secondary N) is 1. The smallest absolute Gasteiger partial charge is 0.335 e. The summed E-state index contributed by atoms with van der Waals surface area (Å²) in [6, 6.07) is 7.32. The molecule has 0 radical (unpaired) electrons. The van der Waals surface area contributed by atoms with E-state index in [9.17, 15) is 9.59 Å². The van der Waals surface area contributed by atoms with Crippen molar-refractivity contribution in [1.82, 2.24) is 4.98 Å². The van der Waals surface area contributed by atoms with E-state index < -0.39 is 11.9 Å². The van der Waals surface area contributed by atoms with Crippen molar-refractivity contribution < 1.29 is 14.7 Å². The van der Waals surface area contributed by atoms with Crippen molar-refractivity contribution in [3.63, 3.8) is 0 Å². The van der Waals surface area contributed by atoms with Gasteiger partial charge in [0.15, 0.2) is 0 Å². The van der Waals surface area contributed by atoms with Crippen LogP contribution in [0.2, 0.25) is 5.02 Å². The van der Waals surface area contributed by atoms with E-state index in [2.05, 4.69) is 26.2 Å². The summed E-state index contributed by atoms with van der Waals surface area (Å²) in [5.74, 6) is -1.57. The molecule has 0 spiro atoms. The summed E-state index contributed by atoms with van der Waals surface area (Å²) in [6.07, 6.45) is 1.50. The van der Waals surface area contributed by atoms with Crippen molar-refractivity contribution in [3.8, 4) is 0 Å². The van der Waals surface area contributed by atoms with Crippen molar-refractivity contribution in [2.45, 2.75) is 0 Å². The molecule has 0 bridgehead atoms. The number of rotatable bonds is 3. The Hall–Kier alpha value is -1.92. The normalized spacial score (nSPS) is 10.1. The molecule has 2 rings (SSSR count). The number of anilines is 1. The number of carbonyl (C=O) groups excluding carboxylic acids is 1. The van der Waals surface area contributed by atoms with Gasteiger partial charge in [-0.2, -0.15) is 0 Å². The van der Waals surface area contributed by atoms with Crippen LogP contribution in [0.4, 0.5) is 5.69 Å². The minimum absolute atomic E-state index is 0.00318. The summed E-state index contributed by atoms with van der Waals surface area (Å²) in [7, 11) is 0. The van der Waals surface area contributed by atoms with Crippen molar-refractivity contribution in [2.75, 3.05) is 5.32 Å². The Morgan fingerprint density at radius 1 is 1.25 bits per heavy atom. The van der Waals surface area contributed by atoms with E-state index in [0.717, 1.165) is 4.47 Å². The van der Waals surface area contributed by atoms with Crippen molar-refractivity contribution in [3.05, 3.63) is 57.3 Å². The number of aromatic nitrogens is 1. The molecule has 1 heterocycles. The fourth-order valence-electron chi connectivity index (χ4n) is 1.49. The van der Waals surface area contributed by atoms with Gasteiger partial charge in [0.05, 0.1) is 5.56 Å². The number of hydrogen-bond acceptors (Lipinski definition) is 3. The van der Waals surface area contributed by atoms with Gasteiger partial charge >= 0.3 is 5.97 Å². The second kappa shape index (κ2) is 6.02. The molecule has 0 fully saturated rings. The molecule has 1 aromatic carbocycles. The fraction of sp³-hybridized carbons (Fsp3) is 0. The number of carboxylic acid groups (broad SMARTS) is 1. The fourth-order valence-corrected chi connectivity index (χ4v) is 1.96. The molecule has 0 aliphatic rings. The zero-order valence-electron chi connectivity index (χ0n) is 9.93. The van der Waals surface area contributed by atoms with E-state index >= 15 is 0 Å². The molecule has 1 aromatic heterocycles. The van der Waals surface area contributed by atoms with Gasteiger partial charge < -0.3 is 10.4 Å². The highest BCUT2D eigenvalue weighted by molar-refractivity contribution is 9.10. The molecule has 20 heavy (non-hydrogen) atoms. The first kappa shape index (κ1) is 14.5. The Bertz CT molecular complexity index is 674. The highest BCUT2D eigenvalue weighted by Crippen LogP contribution is 2.20. The Morgan fingerprint density at radius 3 is 2.60 bits per heavy atom. The first-order valence-corrected chi connectivity index (χ1v) is 6.59. The van der Waals surface area contributed by atoms with Crippen LogP contribution < -0.4 is 5.32 Å². The van der Waals surface area contributed by atoms with Crippen LogP contribution in [0.15, 0.2) is 41.0 Å². The van der Waals surface area contributed by atoms with Crippen LogP contribution in [0, 0.1) is 0 Å². The van der Waals surface area contributed by atoms with Crippen molar-refractivity contribution in [2.24, 2.45) is 0 Å². The van der Waals surface area contributed by atoms with E-state index in [1.54, 1.807) is 12.1 Å². The average Bonchev–Trinajstić information content (AvgIpc) is 2.38. The maximum atomic E-state index is 11.9. The van der Waals surface area contributed by atoms with Gasteiger partial charge in [0.2, 0.25) is 0 Å². The molecule has 0 atom stereocenters. The van der Waals surface area contributed by atoms with Crippen LogP contribution in [-0.4, -0.2) is 22.0 Å². The number of benzene rings is 1. The number of aromatic carboxylic acids is 1. The molecule has 102 valence electrons. The zero-order valence-corrected chi connectivity index (χ0v) is 12.3. The predicted octanol–water partition coefficient (Wildman–Crippen LogP) is 3.45. The van der Waals surface area contributed by atoms with E-state index in [1.165, 1.54) is 24.4 Å². The number of amides is 1. The first-order valence-electron chi connectivity index (χ1n) is 5.42. The Balaban J connectivity index is 2.23. The standard InChI is InChI=1S/C13H8BrClN2O3/c14-8-1-2-11(16-6-8)12(18)17-10-4-7(13(19)20)3-9(15)5-10/h1-6H,(H,17,18)(H,19,20). The van der Waals surface area contributed by atoms with Crippen LogP contribution in [0.5, 0.6) is 0 Å². The van der Waals surface area contributed by atoms with Gasteiger partial charge in [-0.05, 0) is 46.3 Å². The SMILES string of the molecule is O=C(O)c1cc(Cl)cc(NC(=O)c2ccc(Br)cn2)c1. The van der Waals surface area contributed by atoms with Gasteiger partial charge in [0.25, 0.3) is 5.91 Å². The van der Waals surface area contributed by atoms with E-state index in [1.807, 2.05) is 0 Å². The third-order valence-corrected chi connectivity index (χ3v) is 3.05. The molecule has 7 heteroatoms. The molecule has 0 saturated carbocycles. The van der Waals surface area contributed by atoms with Crippen LogP contribution in [0.3, 0.4) is 0 Å². The lowest BCUT2D eigenvalue weighted by atomic mass is 10.2. The van der Waals surface area contributed by atoms with Gasteiger partial charge in [-0.15, -0.1) is 0 Å². The Morgan fingerprint density at radius 2 is 2.00 bits per heavy atom. The third kappa shape index (κ3) is 3.55.